The zero-order valence-corrected chi connectivity index (χ0v) is 11.4. The van der Waals surface area contributed by atoms with Gasteiger partial charge < -0.3 is 10.8 Å². The van der Waals surface area contributed by atoms with Crippen LogP contribution in [0.15, 0.2) is 42.7 Å². The largest absolute Gasteiger partial charge is 0.394 e. The molecule has 4 nitrogen and oxygen atoms in total. The topological polar surface area (TPSA) is 64.1 Å². The number of rotatable bonds is 5. The van der Waals surface area contributed by atoms with Crippen LogP contribution in [0.5, 0.6) is 0 Å². The molecule has 0 aliphatic carbocycles. The molecular formula is C15H21N3O. The molecule has 0 spiro atoms. The predicted octanol–water partition coefficient (Wildman–Crippen LogP) is 2.07. The van der Waals surface area contributed by atoms with Crippen molar-refractivity contribution >= 4 is 0 Å². The molecule has 2 atom stereocenters. The highest BCUT2D eigenvalue weighted by Gasteiger charge is 2.22. The van der Waals surface area contributed by atoms with E-state index in [9.17, 15) is 5.11 Å². The van der Waals surface area contributed by atoms with Crippen LogP contribution in [-0.2, 0) is 0 Å². The lowest BCUT2D eigenvalue weighted by Crippen LogP contribution is -2.39. The second-order valence-corrected chi connectivity index (χ2v) is 5.15. The quantitative estimate of drug-likeness (QED) is 0.864. The molecule has 0 saturated carbocycles. The summed E-state index contributed by atoms with van der Waals surface area (Å²) in [5.41, 5.74) is 8.28. The Balaban J connectivity index is 2.25. The van der Waals surface area contributed by atoms with E-state index in [1.165, 1.54) is 0 Å². The van der Waals surface area contributed by atoms with Crippen LogP contribution in [0.2, 0.25) is 0 Å². The van der Waals surface area contributed by atoms with Gasteiger partial charge in [0.2, 0.25) is 0 Å². The third-order valence-electron chi connectivity index (χ3n) is 3.45. The number of nitrogens with zero attached hydrogens (tertiary/aromatic N) is 2. The minimum absolute atomic E-state index is 0.00471. The average molecular weight is 259 g/mol. The molecule has 0 fully saturated rings. The van der Waals surface area contributed by atoms with Crippen LogP contribution in [0.4, 0.5) is 0 Å². The van der Waals surface area contributed by atoms with E-state index in [-0.39, 0.29) is 18.7 Å². The average Bonchev–Trinajstić information content (AvgIpc) is 2.90. The van der Waals surface area contributed by atoms with E-state index >= 15 is 0 Å². The molecule has 102 valence electrons. The van der Waals surface area contributed by atoms with Gasteiger partial charge in [0.15, 0.2) is 0 Å². The molecule has 4 heteroatoms. The van der Waals surface area contributed by atoms with Gasteiger partial charge in [0.05, 0.1) is 18.8 Å². The lowest BCUT2D eigenvalue weighted by atomic mass is 9.98. The van der Waals surface area contributed by atoms with Crippen LogP contribution >= 0.6 is 0 Å². The van der Waals surface area contributed by atoms with Gasteiger partial charge in [-0.3, -0.25) is 4.68 Å². The van der Waals surface area contributed by atoms with Gasteiger partial charge in [-0.15, -0.1) is 0 Å². The minimum Gasteiger partial charge on any atom is -0.394 e. The van der Waals surface area contributed by atoms with Gasteiger partial charge in [-0.1, -0.05) is 44.2 Å². The minimum atomic E-state index is -0.183. The third kappa shape index (κ3) is 3.03. The first kappa shape index (κ1) is 13.8. The second-order valence-electron chi connectivity index (χ2n) is 5.15. The lowest BCUT2D eigenvalue weighted by molar-refractivity contribution is 0.179. The highest BCUT2D eigenvalue weighted by atomic mass is 16.3. The summed E-state index contributed by atoms with van der Waals surface area (Å²) in [7, 11) is 0. The second kappa shape index (κ2) is 5.99. The maximum atomic E-state index is 9.54. The molecule has 1 aromatic carbocycles. The van der Waals surface area contributed by atoms with Crippen molar-refractivity contribution in [2.24, 2.45) is 11.7 Å². The van der Waals surface area contributed by atoms with Crippen LogP contribution in [0.3, 0.4) is 0 Å². The number of hydrogen-bond donors (Lipinski definition) is 2. The fourth-order valence-corrected chi connectivity index (χ4v) is 2.13. The molecule has 0 aliphatic rings. The third-order valence-corrected chi connectivity index (χ3v) is 3.45. The summed E-state index contributed by atoms with van der Waals surface area (Å²) in [6, 6.07) is 9.76. The van der Waals surface area contributed by atoms with Crippen molar-refractivity contribution in [2.75, 3.05) is 6.61 Å². The van der Waals surface area contributed by atoms with Gasteiger partial charge in [0, 0.05) is 17.8 Å². The Labute approximate surface area is 113 Å². The molecule has 0 saturated heterocycles. The highest BCUT2D eigenvalue weighted by molar-refractivity contribution is 5.61. The summed E-state index contributed by atoms with van der Waals surface area (Å²) < 4.78 is 1.77. The normalized spacial score (nSPS) is 14.6. The van der Waals surface area contributed by atoms with E-state index < -0.39 is 0 Å². The maximum Gasteiger partial charge on any atom is 0.0902 e. The number of nitrogens with two attached hydrogens (primary N) is 1. The van der Waals surface area contributed by atoms with Gasteiger partial charge in [-0.25, -0.2) is 0 Å². The highest BCUT2D eigenvalue weighted by Crippen LogP contribution is 2.21. The number of hydrogen-bond acceptors (Lipinski definition) is 3. The molecule has 2 rings (SSSR count). The molecule has 2 unspecified atom stereocenters. The Morgan fingerprint density at radius 3 is 2.47 bits per heavy atom. The molecule has 0 amide bonds. The van der Waals surface area contributed by atoms with Gasteiger partial charge >= 0.3 is 0 Å². The van der Waals surface area contributed by atoms with E-state index in [0.717, 1.165) is 11.1 Å². The van der Waals surface area contributed by atoms with E-state index in [4.69, 9.17) is 5.73 Å². The Morgan fingerprint density at radius 1 is 1.21 bits per heavy atom. The van der Waals surface area contributed by atoms with Crippen LogP contribution < -0.4 is 5.73 Å². The zero-order chi connectivity index (χ0) is 13.8. The van der Waals surface area contributed by atoms with Crippen molar-refractivity contribution in [3.8, 4) is 11.1 Å². The Kier molecular flexibility index (Phi) is 4.35. The maximum absolute atomic E-state index is 9.54. The fourth-order valence-electron chi connectivity index (χ4n) is 2.13. The summed E-state index contributed by atoms with van der Waals surface area (Å²) in [6.45, 7) is 4.10. The number of aliphatic hydroxyl groups is 1. The number of aliphatic hydroxyl groups excluding tert-OH is 1. The molecule has 1 aromatic heterocycles. The van der Waals surface area contributed by atoms with E-state index in [2.05, 4.69) is 18.9 Å². The standard InChI is InChI=1S/C15H21N3O/c1-11(2)15(16)14(10-19)18-9-13(8-17-18)12-6-4-3-5-7-12/h3-9,11,14-15,19H,10,16H2,1-2H3. The van der Waals surface area contributed by atoms with Gasteiger partial charge in [0.25, 0.3) is 0 Å². The summed E-state index contributed by atoms with van der Waals surface area (Å²) >= 11 is 0. The molecule has 3 N–H and O–H groups in total. The SMILES string of the molecule is CC(C)C(N)C(CO)n1cc(-c2ccccc2)cn1. The summed E-state index contributed by atoms with van der Waals surface area (Å²) in [4.78, 5) is 0. The Morgan fingerprint density at radius 2 is 1.89 bits per heavy atom. The first-order chi connectivity index (χ1) is 9.13. The van der Waals surface area contributed by atoms with Crippen molar-refractivity contribution < 1.29 is 5.11 Å². The summed E-state index contributed by atoms with van der Waals surface area (Å²) in [5.74, 6) is 0.293. The molecule has 19 heavy (non-hydrogen) atoms. The number of aromatic nitrogens is 2. The van der Waals surface area contributed by atoms with Crippen molar-refractivity contribution in [1.82, 2.24) is 9.78 Å². The van der Waals surface area contributed by atoms with Crippen molar-refractivity contribution in [2.45, 2.75) is 25.9 Å². The van der Waals surface area contributed by atoms with E-state index in [0.29, 0.717) is 5.92 Å². The van der Waals surface area contributed by atoms with Crippen LogP contribution in [-0.4, -0.2) is 27.5 Å². The predicted molar refractivity (Wildman–Crippen MR) is 76.6 cm³/mol. The Hall–Kier alpha value is -1.65. The van der Waals surface area contributed by atoms with Gasteiger partial charge in [0.1, 0.15) is 0 Å². The zero-order valence-electron chi connectivity index (χ0n) is 11.4. The number of benzene rings is 1. The molecule has 0 aliphatic heterocycles. The van der Waals surface area contributed by atoms with Crippen molar-refractivity contribution in [3.63, 3.8) is 0 Å². The Bertz CT molecular complexity index is 507. The first-order valence-electron chi connectivity index (χ1n) is 6.59. The smallest absolute Gasteiger partial charge is 0.0902 e. The summed E-state index contributed by atoms with van der Waals surface area (Å²) in [6.07, 6.45) is 3.75. The van der Waals surface area contributed by atoms with Crippen LogP contribution in [0, 0.1) is 5.92 Å². The lowest BCUT2D eigenvalue weighted by Gasteiger charge is -2.25. The molecule has 1 heterocycles. The summed E-state index contributed by atoms with van der Waals surface area (Å²) in [5, 5.41) is 13.9. The monoisotopic (exact) mass is 259 g/mol. The van der Waals surface area contributed by atoms with Crippen molar-refractivity contribution in [3.05, 3.63) is 42.7 Å². The first-order valence-corrected chi connectivity index (χ1v) is 6.59. The van der Waals surface area contributed by atoms with Crippen LogP contribution in [0.1, 0.15) is 19.9 Å². The fraction of sp³-hybridized carbons (Fsp3) is 0.400. The van der Waals surface area contributed by atoms with Gasteiger partial charge in [-0.05, 0) is 11.5 Å². The van der Waals surface area contributed by atoms with Crippen molar-refractivity contribution in [1.29, 1.82) is 0 Å². The molecule has 0 radical (unpaired) electrons. The van der Waals surface area contributed by atoms with Crippen LogP contribution in [0.25, 0.3) is 11.1 Å². The molecule has 2 aromatic rings. The molecule has 0 bridgehead atoms. The van der Waals surface area contributed by atoms with Gasteiger partial charge in [-0.2, -0.15) is 5.10 Å². The van der Waals surface area contributed by atoms with E-state index in [1.807, 2.05) is 42.7 Å². The molecular weight excluding hydrogens is 238 g/mol. The van der Waals surface area contributed by atoms with E-state index in [1.54, 1.807) is 4.68 Å².